The van der Waals surface area contributed by atoms with Gasteiger partial charge in [-0.3, -0.25) is 9.88 Å². The fourth-order valence-corrected chi connectivity index (χ4v) is 3.03. The van der Waals surface area contributed by atoms with Crippen molar-refractivity contribution in [1.82, 2.24) is 29.9 Å². The molecule has 0 aromatic carbocycles. The third-order valence-electron chi connectivity index (χ3n) is 4.45. The Morgan fingerprint density at radius 1 is 0.880 bits per heavy atom. The molecule has 1 aliphatic heterocycles. The van der Waals surface area contributed by atoms with E-state index in [-0.39, 0.29) is 0 Å². The Balaban J connectivity index is 1.36. The Labute approximate surface area is 146 Å². The molecule has 1 saturated heterocycles. The van der Waals surface area contributed by atoms with Crippen LogP contribution in [0.3, 0.4) is 0 Å². The predicted molar refractivity (Wildman–Crippen MR) is 95.6 cm³/mol. The van der Waals surface area contributed by atoms with Crippen LogP contribution in [0.2, 0.25) is 0 Å². The van der Waals surface area contributed by atoms with Gasteiger partial charge in [0, 0.05) is 51.3 Å². The first-order valence-electron chi connectivity index (χ1n) is 8.50. The van der Waals surface area contributed by atoms with Gasteiger partial charge in [0.15, 0.2) is 11.6 Å². The standard InChI is InChI=1S/C18H21N7/c1-15-6-9-25(22-15)18-3-2-17(20-21-18)24-12-10-23(11-13-24)14-16-4-7-19-8-5-16/h2-9H,10-14H2,1H3. The van der Waals surface area contributed by atoms with E-state index in [0.717, 1.165) is 50.1 Å². The summed E-state index contributed by atoms with van der Waals surface area (Å²) in [5.74, 6) is 1.67. The molecule has 0 spiro atoms. The molecular weight excluding hydrogens is 314 g/mol. The van der Waals surface area contributed by atoms with Gasteiger partial charge in [-0.2, -0.15) is 5.10 Å². The molecule has 25 heavy (non-hydrogen) atoms. The molecule has 1 aliphatic rings. The van der Waals surface area contributed by atoms with Crippen LogP contribution in [0.5, 0.6) is 0 Å². The van der Waals surface area contributed by atoms with Crippen LogP contribution in [-0.4, -0.2) is 56.0 Å². The van der Waals surface area contributed by atoms with Crippen LogP contribution in [0, 0.1) is 6.92 Å². The van der Waals surface area contributed by atoms with E-state index in [2.05, 4.69) is 42.2 Å². The molecular formula is C18H21N7. The minimum Gasteiger partial charge on any atom is -0.353 e. The summed E-state index contributed by atoms with van der Waals surface area (Å²) >= 11 is 0. The number of rotatable bonds is 4. The Kier molecular flexibility index (Phi) is 4.39. The Bertz CT molecular complexity index is 805. The molecule has 1 fully saturated rings. The van der Waals surface area contributed by atoms with Gasteiger partial charge in [0.05, 0.1) is 5.69 Å². The van der Waals surface area contributed by atoms with E-state index in [1.54, 1.807) is 4.68 Å². The summed E-state index contributed by atoms with van der Waals surface area (Å²) in [7, 11) is 0. The minimum absolute atomic E-state index is 0.744. The lowest BCUT2D eigenvalue weighted by atomic mass is 10.2. The Hall–Kier alpha value is -2.80. The molecule has 0 aliphatic carbocycles. The van der Waals surface area contributed by atoms with Crippen molar-refractivity contribution in [2.75, 3.05) is 31.1 Å². The molecule has 4 rings (SSSR count). The van der Waals surface area contributed by atoms with E-state index in [4.69, 9.17) is 0 Å². The first-order valence-corrected chi connectivity index (χ1v) is 8.50. The second kappa shape index (κ2) is 6.98. The summed E-state index contributed by atoms with van der Waals surface area (Å²) in [6.45, 7) is 6.89. The zero-order chi connectivity index (χ0) is 17.1. The van der Waals surface area contributed by atoms with Crippen LogP contribution in [0.1, 0.15) is 11.3 Å². The summed E-state index contributed by atoms with van der Waals surface area (Å²) in [5, 5.41) is 13.1. The normalized spacial score (nSPS) is 15.5. The first-order chi connectivity index (χ1) is 12.3. The van der Waals surface area contributed by atoms with Crippen molar-refractivity contribution in [3.8, 4) is 5.82 Å². The summed E-state index contributed by atoms with van der Waals surface area (Å²) in [5.41, 5.74) is 2.28. The van der Waals surface area contributed by atoms with Gasteiger partial charge < -0.3 is 4.90 Å². The molecule has 0 N–H and O–H groups in total. The fraction of sp³-hybridized carbons (Fsp3) is 0.333. The highest BCUT2D eigenvalue weighted by Crippen LogP contribution is 2.15. The average molecular weight is 335 g/mol. The van der Waals surface area contributed by atoms with E-state index in [1.807, 2.05) is 43.7 Å². The molecule has 0 amide bonds. The highest BCUT2D eigenvalue weighted by atomic mass is 15.4. The van der Waals surface area contributed by atoms with Crippen molar-refractivity contribution in [3.63, 3.8) is 0 Å². The largest absolute Gasteiger partial charge is 0.353 e. The Morgan fingerprint density at radius 3 is 2.24 bits per heavy atom. The van der Waals surface area contributed by atoms with Crippen LogP contribution in [0.15, 0.2) is 48.9 Å². The van der Waals surface area contributed by atoms with E-state index in [1.165, 1.54) is 5.56 Å². The number of hydrogen-bond donors (Lipinski definition) is 0. The highest BCUT2D eigenvalue weighted by molar-refractivity contribution is 5.40. The van der Waals surface area contributed by atoms with Crippen molar-refractivity contribution in [2.24, 2.45) is 0 Å². The van der Waals surface area contributed by atoms with Gasteiger partial charge in [-0.15, -0.1) is 10.2 Å². The summed E-state index contributed by atoms with van der Waals surface area (Å²) < 4.78 is 1.75. The van der Waals surface area contributed by atoms with Gasteiger partial charge in [-0.1, -0.05) is 0 Å². The molecule has 128 valence electrons. The topological polar surface area (TPSA) is 63.0 Å². The van der Waals surface area contributed by atoms with Crippen molar-refractivity contribution < 1.29 is 0 Å². The highest BCUT2D eigenvalue weighted by Gasteiger charge is 2.18. The van der Waals surface area contributed by atoms with Crippen molar-refractivity contribution >= 4 is 5.82 Å². The quantitative estimate of drug-likeness (QED) is 0.723. The van der Waals surface area contributed by atoms with Gasteiger partial charge in [-0.05, 0) is 42.8 Å². The van der Waals surface area contributed by atoms with Gasteiger partial charge in [0.1, 0.15) is 0 Å². The van der Waals surface area contributed by atoms with Crippen LogP contribution in [0.25, 0.3) is 5.82 Å². The van der Waals surface area contributed by atoms with Crippen LogP contribution in [0.4, 0.5) is 5.82 Å². The lowest BCUT2D eigenvalue weighted by Gasteiger charge is -2.35. The molecule has 0 saturated carbocycles. The smallest absolute Gasteiger partial charge is 0.175 e. The molecule has 0 radical (unpaired) electrons. The van der Waals surface area contributed by atoms with Crippen LogP contribution >= 0.6 is 0 Å². The zero-order valence-electron chi connectivity index (χ0n) is 14.3. The van der Waals surface area contributed by atoms with Gasteiger partial charge in [0.2, 0.25) is 0 Å². The lowest BCUT2D eigenvalue weighted by molar-refractivity contribution is 0.249. The first kappa shape index (κ1) is 15.7. The fourth-order valence-electron chi connectivity index (χ4n) is 3.03. The third kappa shape index (κ3) is 3.66. The van der Waals surface area contributed by atoms with Gasteiger partial charge >= 0.3 is 0 Å². The van der Waals surface area contributed by atoms with Crippen LogP contribution < -0.4 is 4.90 Å². The number of anilines is 1. The van der Waals surface area contributed by atoms with Crippen LogP contribution in [-0.2, 0) is 6.54 Å². The molecule has 3 aromatic rings. The number of hydrogen-bond acceptors (Lipinski definition) is 6. The maximum absolute atomic E-state index is 4.39. The van der Waals surface area contributed by atoms with E-state index < -0.39 is 0 Å². The van der Waals surface area contributed by atoms with Crippen molar-refractivity contribution in [3.05, 3.63) is 60.2 Å². The van der Waals surface area contributed by atoms with E-state index in [9.17, 15) is 0 Å². The molecule has 3 aromatic heterocycles. The van der Waals surface area contributed by atoms with E-state index >= 15 is 0 Å². The third-order valence-corrected chi connectivity index (χ3v) is 4.45. The van der Waals surface area contributed by atoms with E-state index in [0.29, 0.717) is 0 Å². The van der Waals surface area contributed by atoms with Gasteiger partial charge in [-0.25, -0.2) is 4.68 Å². The lowest BCUT2D eigenvalue weighted by Crippen LogP contribution is -2.46. The minimum atomic E-state index is 0.744. The molecule has 0 bridgehead atoms. The number of aromatic nitrogens is 5. The Morgan fingerprint density at radius 2 is 1.60 bits per heavy atom. The number of aryl methyl sites for hydroxylation is 1. The summed E-state index contributed by atoms with van der Waals surface area (Å²) in [6, 6.07) is 10.1. The molecule has 0 unspecified atom stereocenters. The average Bonchev–Trinajstić information content (AvgIpc) is 3.10. The zero-order valence-corrected chi connectivity index (χ0v) is 14.3. The second-order valence-corrected chi connectivity index (χ2v) is 6.27. The maximum atomic E-state index is 4.39. The van der Waals surface area contributed by atoms with Gasteiger partial charge in [0.25, 0.3) is 0 Å². The SMILES string of the molecule is Cc1ccn(-c2ccc(N3CCN(Cc4ccncc4)CC3)nn2)n1. The monoisotopic (exact) mass is 335 g/mol. The van der Waals surface area contributed by atoms with Crippen molar-refractivity contribution in [2.45, 2.75) is 13.5 Å². The molecule has 4 heterocycles. The maximum Gasteiger partial charge on any atom is 0.175 e. The molecule has 7 nitrogen and oxygen atoms in total. The molecule has 7 heteroatoms. The summed E-state index contributed by atoms with van der Waals surface area (Å²) in [4.78, 5) is 8.82. The molecule has 0 atom stereocenters. The summed E-state index contributed by atoms with van der Waals surface area (Å²) in [6.07, 6.45) is 5.60. The van der Waals surface area contributed by atoms with Crippen molar-refractivity contribution in [1.29, 1.82) is 0 Å². The number of piperazine rings is 1. The predicted octanol–water partition coefficient (Wildman–Crippen LogP) is 1.69. The number of pyridine rings is 1. The number of nitrogens with zero attached hydrogens (tertiary/aromatic N) is 7. The second-order valence-electron chi connectivity index (χ2n) is 6.27.